The highest BCUT2D eigenvalue weighted by Gasteiger charge is 2.26. The predicted octanol–water partition coefficient (Wildman–Crippen LogP) is 11.6. The largest absolute Gasteiger partial charge is 0.472 e. The molecule has 0 amide bonds. The van der Waals surface area contributed by atoms with Crippen LogP contribution < -0.4 is 0 Å². The highest BCUT2D eigenvalue weighted by molar-refractivity contribution is 7.47. The smallest absolute Gasteiger partial charge is 0.396 e. The van der Waals surface area contributed by atoms with Crippen LogP contribution in [-0.2, 0) is 13.6 Å². The zero-order valence-electron chi connectivity index (χ0n) is 33.3. The van der Waals surface area contributed by atoms with Crippen molar-refractivity contribution in [2.75, 3.05) is 39.6 Å². The molecule has 0 saturated heterocycles. The van der Waals surface area contributed by atoms with E-state index in [0.29, 0.717) is 13.2 Å². The van der Waals surface area contributed by atoms with Crippen molar-refractivity contribution in [2.45, 2.75) is 219 Å². The molecule has 8 nitrogen and oxygen atoms in total. The van der Waals surface area contributed by atoms with Crippen LogP contribution in [0.5, 0.6) is 0 Å². The summed E-state index contributed by atoms with van der Waals surface area (Å²) >= 11 is 0. The van der Waals surface area contributed by atoms with E-state index in [9.17, 15) is 9.46 Å². The van der Waals surface area contributed by atoms with Crippen molar-refractivity contribution in [3.8, 4) is 0 Å². The van der Waals surface area contributed by atoms with Gasteiger partial charge in [-0.25, -0.2) is 4.57 Å². The minimum atomic E-state index is -3.87. The van der Waals surface area contributed by atoms with E-state index >= 15 is 0 Å². The van der Waals surface area contributed by atoms with Gasteiger partial charge in [-0.1, -0.05) is 206 Å². The Labute approximate surface area is 310 Å². The van der Waals surface area contributed by atoms with E-state index in [0.717, 1.165) is 25.7 Å². The van der Waals surface area contributed by atoms with E-state index in [1.54, 1.807) is 0 Å². The molecule has 0 rings (SSSR count). The highest BCUT2D eigenvalue weighted by atomic mass is 31.2. The van der Waals surface area contributed by atoms with Gasteiger partial charge >= 0.3 is 7.82 Å². The van der Waals surface area contributed by atoms with Crippen LogP contribution in [0.1, 0.15) is 219 Å². The van der Waals surface area contributed by atoms with E-state index < -0.39 is 39.7 Å². The van der Waals surface area contributed by atoms with Gasteiger partial charge in [0.25, 0.3) is 0 Å². The molecule has 0 radical (unpaired) electrons. The van der Waals surface area contributed by atoms with Crippen LogP contribution in [0.25, 0.3) is 0 Å². The first kappa shape index (κ1) is 52.1. The first-order chi connectivity index (χ1) is 24.4. The van der Waals surface area contributed by atoms with Crippen LogP contribution in [0.2, 0.25) is 0 Å². The maximum absolute atomic E-state index is 12.0. The van der Waals surface area contributed by atoms with Crippen LogP contribution >= 0.6 is 7.82 Å². The maximum Gasteiger partial charge on any atom is 0.472 e. The third kappa shape index (κ3) is 39.2. The molecule has 0 atom stereocenters. The Kier molecular flexibility index (Phi) is 43.4. The second kappa shape index (κ2) is 41.7. The molecule has 5 N–H and O–H groups in total. The van der Waals surface area contributed by atoms with E-state index in [-0.39, 0.29) is 0 Å². The lowest BCUT2D eigenvalue weighted by molar-refractivity contribution is -0.0328. The van der Waals surface area contributed by atoms with Gasteiger partial charge in [0.2, 0.25) is 0 Å². The number of phosphoric acid groups is 1. The number of unbranched alkanes of at least 4 members (excludes halogenated alkanes) is 30. The SMILES string of the molecule is CCCCCCCCCCCCCCCCCCOP(=O)(O)OCCCCCCCCCCCCCCCCCC.OCC(CO)(CO)CO. The van der Waals surface area contributed by atoms with Gasteiger partial charge in [-0.05, 0) is 12.8 Å². The van der Waals surface area contributed by atoms with Gasteiger partial charge < -0.3 is 25.3 Å². The fourth-order valence-electron chi connectivity index (χ4n) is 6.00. The van der Waals surface area contributed by atoms with Crippen molar-refractivity contribution < 1.29 is 38.9 Å². The fraction of sp³-hybridized carbons (Fsp3) is 1.00. The van der Waals surface area contributed by atoms with E-state index in [1.165, 1.54) is 180 Å². The minimum Gasteiger partial charge on any atom is -0.396 e. The summed E-state index contributed by atoms with van der Waals surface area (Å²) in [4.78, 5) is 9.88. The molecule has 50 heavy (non-hydrogen) atoms. The molecular formula is C41H87O8P. The van der Waals surface area contributed by atoms with Crippen molar-refractivity contribution in [1.29, 1.82) is 0 Å². The average molecular weight is 739 g/mol. The first-order valence-electron chi connectivity index (χ1n) is 21.4. The quantitative estimate of drug-likeness (QED) is 0.0309. The van der Waals surface area contributed by atoms with Crippen LogP contribution in [0.3, 0.4) is 0 Å². The normalized spacial score (nSPS) is 12.0. The lowest BCUT2D eigenvalue weighted by atomic mass is 9.93. The Bertz CT molecular complexity index is 617. The van der Waals surface area contributed by atoms with Gasteiger partial charge in [-0.2, -0.15) is 0 Å². The lowest BCUT2D eigenvalue weighted by Gasteiger charge is -2.23. The predicted molar refractivity (Wildman–Crippen MR) is 212 cm³/mol. The molecule has 0 aliphatic heterocycles. The third-order valence-electron chi connectivity index (χ3n) is 9.85. The second-order valence-electron chi connectivity index (χ2n) is 14.9. The summed E-state index contributed by atoms with van der Waals surface area (Å²) in [6, 6.07) is 0. The molecule has 0 aromatic carbocycles. The third-order valence-corrected chi connectivity index (χ3v) is 10.9. The zero-order chi connectivity index (χ0) is 37.3. The van der Waals surface area contributed by atoms with Crippen LogP contribution in [0, 0.1) is 5.41 Å². The van der Waals surface area contributed by atoms with Crippen molar-refractivity contribution >= 4 is 7.82 Å². The Hall–Kier alpha value is -0.0500. The second-order valence-corrected chi connectivity index (χ2v) is 16.3. The topological polar surface area (TPSA) is 137 Å². The summed E-state index contributed by atoms with van der Waals surface area (Å²) in [6.07, 6.45) is 42.2. The summed E-state index contributed by atoms with van der Waals surface area (Å²) in [7, 11) is -3.87. The molecule has 0 bridgehead atoms. The fourth-order valence-corrected chi connectivity index (χ4v) is 6.79. The monoisotopic (exact) mass is 739 g/mol. The maximum atomic E-state index is 12.0. The van der Waals surface area contributed by atoms with Crippen LogP contribution in [0.15, 0.2) is 0 Å². The molecule has 0 unspecified atom stereocenters. The van der Waals surface area contributed by atoms with E-state index in [4.69, 9.17) is 29.5 Å². The molecule has 9 heteroatoms. The Morgan fingerprint density at radius 3 is 0.700 bits per heavy atom. The molecule has 0 spiro atoms. The highest BCUT2D eigenvalue weighted by Crippen LogP contribution is 2.43. The Balaban J connectivity index is 0. The van der Waals surface area contributed by atoms with E-state index in [1.807, 2.05) is 0 Å². The Morgan fingerprint density at radius 2 is 0.540 bits per heavy atom. The van der Waals surface area contributed by atoms with Crippen molar-refractivity contribution in [1.82, 2.24) is 0 Å². The molecule has 0 aromatic heterocycles. The standard InChI is InChI=1S/C36H75O4P.C5H12O4/c1-3-5-7-9-11-13-15-17-19-21-23-25-27-29-31-33-35-39-41(37,38)40-36-34-32-30-28-26-24-22-20-18-16-14-12-10-8-6-4-2;6-1-5(2-7,3-8)4-9/h3-36H2,1-2H3,(H,37,38);6-9H,1-4H2. The number of hydrogen-bond acceptors (Lipinski definition) is 7. The molecule has 0 heterocycles. The van der Waals surface area contributed by atoms with Gasteiger partial charge in [0, 0.05) is 0 Å². The number of hydrogen-bond donors (Lipinski definition) is 5. The molecule has 0 saturated carbocycles. The summed E-state index contributed by atoms with van der Waals surface area (Å²) < 4.78 is 22.4. The van der Waals surface area contributed by atoms with Gasteiger partial charge in [-0.15, -0.1) is 0 Å². The molecule has 0 aromatic rings. The van der Waals surface area contributed by atoms with Crippen LogP contribution in [-0.4, -0.2) is 65.0 Å². The van der Waals surface area contributed by atoms with Gasteiger partial charge in [0.05, 0.1) is 45.1 Å². The summed E-state index contributed by atoms with van der Waals surface area (Å²) in [6.45, 7) is 3.59. The Morgan fingerprint density at radius 1 is 0.360 bits per heavy atom. The van der Waals surface area contributed by atoms with E-state index in [2.05, 4.69) is 13.8 Å². The summed E-state index contributed by atoms with van der Waals surface area (Å²) in [5, 5.41) is 34.0. The minimum absolute atomic E-state index is 0.325. The summed E-state index contributed by atoms with van der Waals surface area (Å²) in [5.41, 5.74) is -1.11. The number of aliphatic hydroxyl groups is 4. The molecule has 0 aliphatic carbocycles. The van der Waals surface area contributed by atoms with Gasteiger partial charge in [0.1, 0.15) is 0 Å². The number of rotatable bonds is 40. The first-order valence-corrected chi connectivity index (χ1v) is 22.9. The lowest BCUT2D eigenvalue weighted by Crippen LogP contribution is -2.37. The average Bonchev–Trinajstić information content (AvgIpc) is 3.12. The van der Waals surface area contributed by atoms with Crippen molar-refractivity contribution in [3.63, 3.8) is 0 Å². The van der Waals surface area contributed by atoms with Crippen molar-refractivity contribution in [3.05, 3.63) is 0 Å². The molecule has 0 fully saturated rings. The molecule has 0 aliphatic rings. The zero-order valence-corrected chi connectivity index (χ0v) is 34.2. The number of aliphatic hydroxyl groups excluding tert-OH is 4. The molecule has 304 valence electrons. The molecular weight excluding hydrogens is 651 g/mol. The van der Waals surface area contributed by atoms with Crippen molar-refractivity contribution in [2.24, 2.45) is 5.41 Å². The van der Waals surface area contributed by atoms with Gasteiger partial charge in [0.15, 0.2) is 0 Å². The number of phosphoric ester groups is 1. The van der Waals surface area contributed by atoms with Gasteiger partial charge in [-0.3, -0.25) is 9.05 Å². The summed E-state index contributed by atoms with van der Waals surface area (Å²) in [5.74, 6) is 0. The van der Waals surface area contributed by atoms with Crippen LogP contribution in [0.4, 0.5) is 0 Å².